The molecule has 1 aromatic heterocycles. The first kappa shape index (κ1) is 18.5. The van der Waals surface area contributed by atoms with Gasteiger partial charge in [0.25, 0.3) is 0 Å². The molecule has 0 aliphatic rings. The summed E-state index contributed by atoms with van der Waals surface area (Å²) in [4.78, 5) is 12.1. The smallest absolute Gasteiger partial charge is 0.244 e. The maximum Gasteiger partial charge on any atom is 0.244 e. The Hall–Kier alpha value is -3.28. The lowest BCUT2D eigenvalue weighted by molar-refractivity contribution is -0.114. The van der Waals surface area contributed by atoms with Crippen molar-refractivity contribution in [1.82, 2.24) is 5.16 Å². The predicted octanol–water partition coefficient (Wildman–Crippen LogP) is 4.82. The standard InChI is InChI=1S/C21H23N3O3/c1-21(2,3)18-13-19(24-27-18)23-20(25)14-22-15-9-11-17(12-10-15)26-16-7-5-4-6-8-16/h4-13,22H,14H2,1-3H3,(H,23,24,25). The Morgan fingerprint density at radius 1 is 1.04 bits per heavy atom. The average molecular weight is 365 g/mol. The number of amides is 1. The van der Waals surface area contributed by atoms with Crippen LogP contribution in [-0.2, 0) is 10.2 Å². The second kappa shape index (κ2) is 7.95. The van der Waals surface area contributed by atoms with Crippen LogP contribution in [0.3, 0.4) is 0 Å². The zero-order valence-corrected chi connectivity index (χ0v) is 15.7. The number of rotatable bonds is 6. The molecule has 2 aromatic carbocycles. The van der Waals surface area contributed by atoms with E-state index >= 15 is 0 Å². The van der Waals surface area contributed by atoms with Gasteiger partial charge in [0, 0.05) is 17.2 Å². The maximum atomic E-state index is 12.1. The van der Waals surface area contributed by atoms with Gasteiger partial charge in [0.05, 0.1) is 6.54 Å². The summed E-state index contributed by atoms with van der Waals surface area (Å²) < 4.78 is 11.0. The van der Waals surface area contributed by atoms with Crippen LogP contribution >= 0.6 is 0 Å². The Balaban J connectivity index is 1.49. The Bertz CT molecular complexity index is 881. The van der Waals surface area contributed by atoms with Gasteiger partial charge in [0.15, 0.2) is 5.82 Å². The maximum absolute atomic E-state index is 12.1. The van der Waals surface area contributed by atoms with Crippen molar-refractivity contribution in [2.24, 2.45) is 0 Å². The monoisotopic (exact) mass is 365 g/mol. The molecule has 0 bridgehead atoms. The van der Waals surface area contributed by atoms with Crippen molar-refractivity contribution < 1.29 is 14.1 Å². The SMILES string of the molecule is CC(C)(C)c1cc(NC(=O)CNc2ccc(Oc3ccccc3)cc2)no1. The molecular formula is C21H23N3O3. The zero-order valence-electron chi connectivity index (χ0n) is 15.7. The number of nitrogens with one attached hydrogen (secondary N) is 2. The third-order valence-corrected chi connectivity index (χ3v) is 3.80. The van der Waals surface area contributed by atoms with Gasteiger partial charge in [-0.05, 0) is 36.4 Å². The summed E-state index contributed by atoms with van der Waals surface area (Å²) in [6.07, 6.45) is 0. The molecule has 3 aromatic rings. The lowest BCUT2D eigenvalue weighted by Gasteiger charge is -2.12. The van der Waals surface area contributed by atoms with Gasteiger partial charge in [0.1, 0.15) is 17.3 Å². The molecule has 0 aliphatic carbocycles. The first-order valence-corrected chi connectivity index (χ1v) is 8.74. The second-order valence-corrected chi connectivity index (χ2v) is 7.17. The number of carbonyl (C=O) groups is 1. The van der Waals surface area contributed by atoms with E-state index in [1.807, 2.05) is 75.4 Å². The van der Waals surface area contributed by atoms with Crippen molar-refractivity contribution in [2.75, 3.05) is 17.2 Å². The molecule has 140 valence electrons. The van der Waals surface area contributed by atoms with Crippen LogP contribution in [-0.4, -0.2) is 17.6 Å². The molecular weight excluding hydrogens is 342 g/mol. The van der Waals surface area contributed by atoms with Crippen LogP contribution in [0, 0.1) is 0 Å². The number of hydrogen-bond acceptors (Lipinski definition) is 5. The zero-order chi connectivity index (χ0) is 19.3. The molecule has 6 heteroatoms. The first-order chi connectivity index (χ1) is 12.9. The van der Waals surface area contributed by atoms with Gasteiger partial charge in [0.2, 0.25) is 5.91 Å². The number of nitrogens with zero attached hydrogens (tertiary/aromatic N) is 1. The van der Waals surface area contributed by atoms with E-state index in [2.05, 4.69) is 15.8 Å². The normalized spacial score (nSPS) is 11.1. The van der Waals surface area contributed by atoms with Crippen molar-refractivity contribution >= 4 is 17.4 Å². The van der Waals surface area contributed by atoms with Crippen molar-refractivity contribution in [3.63, 3.8) is 0 Å². The van der Waals surface area contributed by atoms with Crippen LogP contribution in [0.2, 0.25) is 0 Å². The highest BCUT2D eigenvalue weighted by Gasteiger charge is 2.20. The third kappa shape index (κ3) is 5.34. The summed E-state index contributed by atoms with van der Waals surface area (Å²) in [5.41, 5.74) is 0.665. The van der Waals surface area contributed by atoms with E-state index in [0.717, 1.165) is 22.9 Å². The van der Waals surface area contributed by atoms with Crippen molar-refractivity contribution in [3.05, 3.63) is 66.4 Å². The Labute approximate surface area is 158 Å². The quantitative estimate of drug-likeness (QED) is 0.655. The minimum Gasteiger partial charge on any atom is -0.457 e. The van der Waals surface area contributed by atoms with Gasteiger partial charge < -0.3 is 19.9 Å². The molecule has 2 N–H and O–H groups in total. The fourth-order valence-corrected chi connectivity index (χ4v) is 2.32. The van der Waals surface area contributed by atoms with Crippen molar-refractivity contribution in [3.8, 4) is 11.5 Å². The highest BCUT2D eigenvalue weighted by Crippen LogP contribution is 2.24. The molecule has 0 spiro atoms. The summed E-state index contributed by atoms with van der Waals surface area (Å²) >= 11 is 0. The fraction of sp³-hybridized carbons (Fsp3) is 0.238. The van der Waals surface area contributed by atoms with Crippen LogP contribution in [0.1, 0.15) is 26.5 Å². The summed E-state index contributed by atoms with van der Waals surface area (Å²) in [5.74, 6) is 2.44. The Kier molecular flexibility index (Phi) is 5.45. The minimum atomic E-state index is -0.201. The number of hydrogen-bond donors (Lipinski definition) is 2. The van der Waals surface area contributed by atoms with Gasteiger partial charge in [-0.1, -0.05) is 44.1 Å². The molecule has 0 atom stereocenters. The van der Waals surface area contributed by atoms with Gasteiger partial charge in [-0.15, -0.1) is 0 Å². The van der Waals surface area contributed by atoms with Crippen molar-refractivity contribution in [1.29, 1.82) is 0 Å². The number of benzene rings is 2. The van der Waals surface area contributed by atoms with E-state index in [9.17, 15) is 4.79 Å². The topological polar surface area (TPSA) is 76.4 Å². The van der Waals surface area contributed by atoms with E-state index in [4.69, 9.17) is 9.26 Å². The van der Waals surface area contributed by atoms with Gasteiger partial charge >= 0.3 is 0 Å². The number of carbonyl (C=O) groups excluding carboxylic acids is 1. The highest BCUT2D eigenvalue weighted by atomic mass is 16.5. The highest BCUT2D eigenvalue weighted by molar-refractivity contribution is 5.92. The average Bonchev–Trinajstić information content (AvgIpc) is 3.11. The Morgan fingerprint density at radius 3 is 2.33 bits per heavy atom. The number of aromatic nitrogens is 1. The summed E-state index contributed by atoms with van der Waals surface area (Å²) in [7, 11) is 0. The minimum absolute atomic E-state index is 0.122. The predicted molar refractivity (Wildman–Crippen MR) is 105 cm³/mol. The van der Waals surface area contributed by atoms with E-state index in [-0.39, 0.29) is 17.9 Å². The molecule has 3 rings (SSSR count). The summed E-state index contributed by atoms with van der Waals surface area (Å²) in [5, 5.41) is 9.66. The molecule has 0 unspecified atom stereocenters. The van der Waals surface area contributed by atoms with Crippen LogP contribution in [0.15, 0.2) is 65.2 Å². The van der Waals surface area contributed by atoms with E-state index in [1.165, 1.54) is 0 Å². The van der Waals surface area contributed by atoms with Gasteiger partial charge in [-0.3, -0.25) is 4.79 Å². The third-order valence-electron chi connectivity index (χ3n) is 3.80. The first-order valence-electron chi connectivity index (χ1n) is 8.74. The molecule has 0 saturated carbocycles. The summed E-state index contributed by atoms with van der Waals surface area (Å²) in [6.45, 7) is 6.18. The van der Waals surface area contributed by atoms with Crippen molar-refractivity contribution in [2.45, 2.75) is 26.2 Å². The van der Waals surface area contributed by atoms with E-state index < -0.39 is 0 Å². The lowest BCUT2D eigenvalue weighted by Crippen LogP contribution is -2.21. The number of para-hydroxylation sites is 1. The lowest BCUT2D eigenvalue weighted by atomic mass is 9.93. The van der Waals surface area contributed by atoms with Gasteiger partial charge in [-0.2, -0.15) is 0 Å². The molecule has 0 radical (unpaired) electrons. The molecule has 27 heavy (non-hydrogen) atoms. The molecule has 1 amide bonds. The molecule has 0 aliphatic heterocycles. The molecule has 6 nitrogen and oxygen atoms in total. The van der Waals surface area contributed by atoms with Crippen LogP contribution in [0.5, 0.6) is 11.5 Å². The van der Waals surface area contributed by atoms with Crippen LogP contribution in [0.25, 0.3) is 0 Å². The van der Waals surface area contributed by atoms with Gasteiger partial charge in [-0.25, -0.2) is 0 Å². The second-order valence-electron chi connectivity index (χ2n) is 7.17. The molecule has 0 saturated heterocycles. The summed E-state index contributed by atoms with van der Waals surface area (Å²) in [6, 6.07) is 18.7. The molecule has 0 fully saturated rings. The largest absolute Gasteiger partial charge is 0.457 e. The van der Waals surface area contributed by atoms with Crippen LogP contribution < -0.4 is 15.4 Å². The fourth-order valence-electron chi connectivity index (χ4n) is 2.32. The van der Waals surface area contributed by atoms with E-state index in [0.29, 0.717) is 5.82 Å². The Morgan fingerprint density at radius 2 is 1.70 bits per heavy atom. The van der Waals surface area contributed by atoms with Crippen LogP contribution in [0.4, 0.5) is 11.5 Å². The number of ether oxygens (including phenoxy) is 1. The number of anilines is 2. The molecule has 1 heterocycles. The van der Waals surface area contributed by atoms with E-state index in [1.54, 1.807) is 6.07 Å².